The standard InChI is InChI=1S/C41H46ClN7O3S.CH4O/c1-4-21-52-38(53-3)26-49-36-14-9-28(39(50)45-31-12-13-34-32(23-31)41(17-18-41)40(51)47-34)22-35(36)46-37(49)25-48-19-15-27(16-20-48)33(43-2)8-6-5-7-30-11-10-29(42)24-44-30;1-2/h5-6,8-14,22-24,27,38H,2,4,7,15-21,25-26H2,1,3H3,(H,45,50)(H,47,51);2H,1H3/b6-5-,33-8-;. The van der Waals surface area contributed by atoms with Crippen LogP contribution >= 0.6 is 23.4 Å². The lowest BCUT2D eigenvalue weighted by molar-refractivity contribution is -0.117. The first-order valence-corrected chi connectivity index (χ1v) is 20.5. The summed E-state index contributed by atoms with van der Waals surface area (Å²) in [6, 6.07) is 15.2. The molecule has 4 heterocycles. The van der Waals surface area contributed by atoms with Crippen LogP contribution in [-0.2, 0) is 34.5 Å². The molecular weight excluding hydrogens is 734 g/mol. The van der Waals surface area contributed by atoms with Crippen molar-refractivity contribution in [3.63, 3.8) is 0 Å². The number of aromatic nitrogens is 3. The maximum atomic E-state index is 13.5. The molecule has 3 aliphatic rings. The highest BCUT2D eigenvalue weighted by atomic mass is 35.5. The average Bonchev–Trinajstić information content (AvgIpc) is 3.89. The number of hydrogen-bond acceptors (Lipinski definition) is 9. The number of piperidine rings is 1. The number of imidazole rings is 1. The van der Waals surface area contributed by atoms with Gasteiger partial charge in [0.2, 0.25) is 5.91 Å². The molecule has 1 saturated heterocycles. The van der Waals surface area contributed by atoms with Crippen LogP contribution in [0.2, 0.25) is 5.02 Å². The molecule has 4 aromatic rings. The van der Waals surface area contributed by atoms with Gasteiger partial charge >= 0.3 is 0 Å². The smallest absolute Gasteiger partial charge is 0.255 e. The highest BCUT2D eigenvalue weighted by molar-refractivity contribution is 7.99. The van der Waals surface area contributed by atoms with Crippen LogP contribution in [0.3, 0.4) is 0 Å². The number of rotatable bonds is 15. The number of carbonyl (C=O) groups is 2. The SMILES string of the molecule is C=N/C(=C\C=C/Cc1ccc(Cl)cn1)C1CCN(Cc2nc3cc(C(=O)Nc4ccc5c(c4)C4(CC4)C(=O)N5)ccc3n2CC(OCCC)SC)CC1.CO. The molecule has 55 heavy (non-hydrogen) atoms. The maximum absolute atomic E-state index is 13.5. The molecule has 13 heteroatoms. The second-order valence-corrected chi connectivity index (χ2v) is 15.5. The van der Waals surface area contributed by atoms with Crippen LogP contribution in [0, 0.1) is 5.92 Å². The first kappa shape index (κ1) is 40.3. The van der Waals surface area contributed by atoms with Crippen molar-refractivity contribution in [2.75, 3.05) is 43.7 Å². The summed E-state index contributed by atoms with van der Waals surface area (Å²) in [5.41, 5.74) is 6.31. The fourth-order valence-electron chi connectivity index (χ4n) is 7.34. The molecule has 0 radical (unpaired) electrons. The lowest BCUT2D eigenvalue weighted by Gasteiger charge is -2.32. The Hall–Kier alpha value is -4.33. The monoisotopic (exact) mass is 783 g/mol. The Bertz CT molecular complexity index is 2050. The number of halogens is 1. The number of anilines is 2. The van der Waals surface area contributed by atoms with E-state index in [0.29, 0.717) is 41.9 Å². The molecule has 1 aliphatic carbocycles. The molecule has 7 rings (SSSR count). The summed E-state index contributed by atoms with van der Waals surface area (Å²) in [5, 5.41) is 13.7. The molecule has 3 N–H and O–H groups in total. The third-order valence-corrected chi connectivity index (χ3v) is 11.5. The Morgan fingerprint density at radius 1 is 1.20 bits per heavy atom. The molecule has 2 aromatic carbocycles. The van der Waals surface area contributed by atoms with E-state index < -0.39 is 5.41 Å². The second-order valence-electron chi connectivity index (χ2n) is 14.0. The summed E-state index contributed by atoms with van der Waals surface area (Å²) in [4.78, 5) is 42.4. The fourth-order valence-corrected chi connectivity index (χ4v) is 7.98. The van der Waals surface area contributed by atoms with Crippen molar-refractivity contribution in [3.8, 4) is 0 Å². The van der Waals surface area contributed by atoms with E-state index in [-0.39, 0.29) is 17.3 Å². The number of allylic oxidation sites excluding steroid dienone is 4. The molecule has 2 fully saturated rings. The zero-order chi connectivity index (χ0) is 39.0. The third kappa shape index (κ3) is 9.38. The van der Waals surface area contributed by atoms with E-state index in [1.165, 1.54) is 0 Å². The van der Waals surface area contributed by atoms with Crippen molar-refractivity contribution in [1.29, 1.82) is 0 Å². The fraction of sp³-hybridized carbons (Fsp3) is 0.405. The number of thioether (sulfide) groups is 1. The van der Waals surface area contributed by atoms with E-state index in [0.717, 1.165) is 98.2 Å². The van der Waals surface area contributed by atoms with Crippen LogP contribution in [0.1, 0.15) is 66.5 Å². The molecule has 1 saturated carbocycles. The van der Waals surface area contributed by atoms with E-state index >= 15 is 0 Å². The number of ether oxygens (including phenoxy) is 1. The number of aliphatic hydroxyl groups excluding tert-OH is 1. The Labute approximate surface area is 332 Å². The number of hydrogen-bond donors (Lipinski definition) is 3. The number of aliphatic imine (C=N–C) groups is 1. The molecule has 2 aliphatic heterocycles. The summed E-state index contributed by atoms with van der Waals surface area (Å²) in [6.07, 6.45) is 15.2. The molecule has 1 atom stereocenters. The molecule has 11 nitrogen and oxygen atoms in total. The predicted octanol–water partition coefficient (Wildman–Crippen LogP) is 7.64. The summed E-state index contributed by atoms with van der Waals surface area (Å²) in [6.45, 7) is 9.85. The summed E-state index contributed by atoms with van der Waals surface area (Å²) in [7, 11) is 1.00. The van der Waals surface area contributed by atoms with Crippen LogP contribution in [-0.4, -0.2) is 81.6 Å². The molecule has 2 aromatic heterocycles. The molecular formula is C42H50ClN7O4S. The van der Waals surface area contributed by atoms with Gasteiger partial charge in [0.25, 0.3) is 5.91 Å². The number of pyridine rings is 1. The zero-order valence-electron chi connectivity index (χ0n) is 31.8. The number of amides is 2. The number of likely N-dealkylation sites (tertiary alicyclic amines) is 1. The van der Waals surface area contributed by atoms with Gasteiger partial charge in [-0.15, -0.1) is 11.8 Å². The topological polar surface area (TPSA) is 134 Å². The van der Waals surface area contributed by atoms with Crippen molar-refractivity contribution >= 4 is 64.3 Å². The summed E-state index contributed by atoms with van der Waals surface area (Å²) in [5.74, 6) is 1.14. The van der Waals surface area contributed by atoms with Gasteiger partial charge in [0.05, 0.1) is 34.6 Å². The Morgan fingerprint density at radius 2 is 2.00 bits per heavy atom. The van der Waals surface area contributed by atoms with Crippen LogP contribution in [0.5, 0.6) is 0 Å². The number of aliphatic hydroxyl groups is 1. The van der Waals surface area contributed by atoms with E-state index in [2.05, 4.69) is 62.1 Å². The molecule has 1 spiro atoms. The van der Waals surface area contributed by atoms with E-state index in [9.17, 15) is 9.59 Å². The van der Waals surface area contributed by atoms with Gasteiger partial charge in [0, 0.05) is 60.6 Å². The van der Waals surface area contributed by atoms with Gasteiger partial charge in [-0.3, -0.25) is 24.5 Å². The minimum atomic E-state index is -0.418. The van der Waals surface area contributed by atoms with Crippen molar-refractivity contribution in [2.45, 2.75) is 69.4 Å². The quantitative estimate of drug-likeness (QED) is 0.0637. The Morgan fingerprint density at radius 3 is 2.69 bits per heavy atom. The predicted molar refractivity (Wildman–Crippen MR) is 223 cm³/mol. The van der Waals surface area contributed by atoms with Gasteiger partial charge in [-0.25, -0.2) is 4.98 Å². The number of nitrogens with one attached hydrogen (secondary N) is 2. The largest absolute Gasteiger partial charge is 0.400 e. The second kappa shape index (κ2) is 18.5. The van der Waals surface area contributed by atoms with Gasteiger partial charge in [0.15, 0.2) is 0 Å². The van der Waals surface area contributed by atoms with E-state index in [1.54, 1.807) is 18.0 Å². The number of nitrogens with zero attached hydrogens (tertiary/aromatic N) is 5. The first-order valence-electron chi connectivity index (χ1n) is 18.8. The first-order chi connectivity index (χ1) is 26.8. The number of fused-ring (bicyclic) bond motifs is 3. The van der Waals surface area contributed by atoms with Crippen molar-refractivity contribution in [1.82, 2.24) is 19.4 Å². The van der Waals surface area contributed by atoms with Crippen molar-refractivity contribution in [3.05, 3.63) is 106 Å². The Balaban J connectivity index is 0.00000253. The lowest BCUT2D eigenvalue weighted by atomic mass is 9.93. The lowest BCUT2D eigenvalue weighted by Crippen LogP contribution is -2.34. The molecule has 2 amide bonds. The van der Waals surface area contributed by atoms with Crippen molar-refractivity contribution < 1.29 is 19.4 Å². The number of benzene rings is 2. The normalized spacial score (nSPS) is 17.2. The highest BCUT2D eigenvalue weighted by Gasteiger charge is 2.56. The van der Waals surface area contributed by atoms with Crippen molar-refractivity contribution in [2.24, 2.45) is 10.9 Å². The van der Waals surface area contributed by atoms with Gasteiger partial charge in [-0.2, -0.15) is 0 Å². The number of carbonyl (C=O) groups excluding carboxylic acids is 2. The minimum absolute atomic E-state index is 0.0226. The molecule has 0 bridgehead atoms. The minimum Gasteiger partial charge on any atom is -0.400 e. The summed E-state index contributed by atoms with van der Waals surface area (Å²) < 4.78 is 8.45. The summed E-state index contributed by atoms with van der Waals surface area (Å²) >= 11 is 7.66. The van der Waals surface area contributed by atoms with Crippen LogP contribution in [0.15, 0.2) is 83.6 Å². The third-order valence-electron chi connectivity index (χ3n) is 10.5. The van der Waals surface area contributed by atoms with Crippen LogP contribution in [0.4, 0.5) is 11.4 Å². The zero-order valence-corrected chi connectivity index (χ0v) is 33.3. The van der Waals surface area contributed by atoms with Gasteiger partial charge < -0.3 is 25.0 Å². The van der Waals surface area contributed by atoms with Gasteiger partial charge in [-0.05, 0) is 118 Å². The average molecular weight is 784 g/mol. The Kier molecular flexibility index (Phi) is 13.6. The van der Waals surface area contributed by atoms with E-state index in [4.69, 9.17) is 26.4 Å². The van der Waals surface area contributed by atoms with Crippen LogP contribution < -0.4 is 10.6 Å². The maximum Gasteiger partial charge on any atom is 0.255 e. The molecule has 1 unspecified atom stereocenters. The van der Waals surface area contributed by atoms with Gasteiger partial charge in [0.1, 0.15) is 11.3 Å². The molecule has 290 valence electrons. The highest BCUT2D eigenvalue weighted by Crippen LogP contribution is 2.55. The van der Waals surface area contributed by atoms with E-state index in [1.807, 2.05) is 54.6 Å². The van der Waals surface area contributed by atoms with Gasteiger partial charge in [-0.1, -0.05) is 30.7 Å². The van der Waals surface area contributed by atoms with Crippen LogP contribution in [0.25, 0.3) is 11.0 Å².